The second-order valence-corrected chi connectivity index (χ2v) is 4.30. The first-order chi connectivity index (χ1) is 6.59. The molecular weight excluding hydrogens is 196 g/mol. The van der Waals surface area contributed by atoms with E-state index in [9.17, 15) is 4.79 Å². The molecule has 0 aliphatic rings. The molecule has 0 radical (unpaired) electrons. The van der Waals surface area contributed by atoms with E-state index in [1.54, 1.807) is 11.3 Å². The molecule has 3 nitrogen and oxygen atoms in total. The molecule has 0 aliphatic carbocycles. The van der Waals surface area contributed by atoms with Crippen LogP contribution >= 0.6 is 11.3 Å². The zero-order chi connectivity index (χ0) is 10.6. The van der Waals surface area contributed by atoms with E-state index in [4.69, 9.17) is 5.73 Å². The Labute approximate surface area is 88.3 Å². The van der Waals surface area contributed by atoms with Crippen LogP contribution in [-0.2, 0) is 4.79 Å². The third kappa shape index (κ3) is 3.47. The molecule has 0 aliphatic heterocycles. The molecule has 14 heavy (non-hydrogen) atoms. The van der Waals surface area contributed by atoms with Crippen molar-refractivity contribution in [1.82, 2.24) is 5.32 Å². The minimum atomic E-state index is -0.262. The molecule has 1 aromatic heterocycles. The third-order valence-corrected chi connectivity index (χ3v) is 2.79. The summed E-state index contributed by atoms with van der Waals surface area (Å²) in [6.45, 7) is 4.05. The van der Waals surface area contributed by atoms with Crippen LogP contribution in [0.4, 0.5) is 0 Å². The van der Waals surface area contributed by atoms with Gasteiger partial charge in [0.25, 0.3) is 0 Å². The Morgan fingerprint density at radius 2 is 2.36 bits per heavy atom. The van der Waals surface area contributed by atoms with E-state index in [2.05, 4.69) is 23.7 Å². The van der Waals surface area contributed by atoms with Crippen LogP contribution in [0.15, 0.2) is 16.8 Å². The molecule has 3 N–H and O–H groups in total. The summed E-state index contributed by atoms with van der Waals surface area (Å²) >= 11 is 1.68. The molecule has 0 bridgehead atoms. The molecule has 0 spiro atoms. The van der Waals surface area contributed by atoms with Crippen LogP contribution in [0.25, 0.3) is 0 Å². The Hall–Kier alpha value is -0.870. The van der Waals surface area contributed by atoms with Gasteiger partial charge in [-0.05, 0) is 36.2 Å². The van der Waals surface area contributed by atoms with Gasteiger partial charge in [0.05, 0.1) is 0 Å². The van der Waals surface area contributed by atoms with Crippen molar-refractivity contribution in [3.05, 3.63) is 22.4 Å². The van der Waals surface area contributed by atoms with Crippen LogP contribution in [0, 0.1) is 0 Å². The highest BCUT2D eigenvalue weighted by molar-refractivity contribution is 7.07. The number of rotatable bonds is 5. The highest BCUT2D eigenvalue weighted by atomic mass is 32.1. The maximum Gasteiger partial charge on any atom is 0.218 e. The topological polar surface area (TPSA) is 55.1 Å². The Kier molecular flexibility index (Phi) is 4.10. The molecule has 78 valence electrons. The fourth-order valence-corrected chi connectivity index (χ4v) is 2.16. The zero-order valence-corrected chi connectivity index (χ0v) is 9.30. The van der Waals surface area contributed by atoms with Gasteiger partial charge < -0.3 is 11.1 Å². The van der Waals surface area contributed by atoms with Crippen molar-refractivity contribution in [3.8, 4) is 0 Å². The van der Waals surface area contributed by atoms with Gasteiger partial charge in [0.15, 0.2) is 0 Å². The summed E-state index contributed by atoms with van der Waals surface area (Å²) in [6, 6.07) is 2.48. The Morgan fingerprint density at radius 3 is 2.86 bits per heavy atom. The lowest BCUT2D eigenvalue weighted by Crippen LogP contribution is -2.32. The van der Waals surface area contributed by atoms with E-state index in [0.717, 1.165) is 0 Å². The monoisotopic (exact) mass is 212 g/mol. The van der Waals surface area contributed by atoms with Gasteiger partial charge in [-0.2, -0.15) is 11.3 Å². The van der Waals surface area contributed by atoms with Crippen LogP contribution in [0.3, 0.4) is 0 Å². The van der Waals surface area contributed by atoms with Crippen LogP contribution in [-0.4, -0.2) is 11.9 Å². The first kappa shape index (κ1) is 11.2. The Balaban J connectivity index is 2.41. The summed E-state index contributed by atoms with van der Waals surface area (Å²) in [6.07, 6.45) is 0.383. The molecule has 1 rings (SSSR count). The number of hydrogen-bond donors (Lipinski definition) is 2. The van der Waals surface area contributed by atoms with Crippen molar-refractivity contribution in [1.29, 1.82) is 0 Å². The van der Waals surface area contributed by atoms with Gasteiger partial charge in [-0.3, -0.25) is 4.79 Å². The summed E-state index contributed by atoms with van der Waals surface area (Å²) in [5.74, 6) is -0.262. The van der Waals surface area contributed by atoms with Crippen molar-refractivity contribution in [2.45, 2.75) is 32.4 Å². The molecule has 1 amide bonds. The van der Waals surface area contributed by atoms with Crippen molar-refractivity contribution >= 4 is 17.2 Å². The Morgan fingerprint density at radius 1 is 1.64 bits per heavy atom. The van der Waals surface area contributed by atoms with E-state index >= 15 is 0 Å². The fourth-order valence-electron chi connectivity index (χ4n) is 1.41. The van der Waals surface area contributed by atoms with Gasteiger partial charge in [-0.1, -0.05) is 0 Å². The molecule has 0 aromatic carbocycles. The number of nitrogens with one attached hydrogen (secondary N) is 1. The van der Waals surface area contributed by atoms with Crippen molar-refractivity contribution in [2.75, 3.05) is 0 Å². The lowest BCUT2D eigenvalue weighted by atomic mass is 10.1. The van der Waals surface area contributed by atoms with E-state index in [1.807, 2.05) is 12.3 Å². The van der Waals surface area contributed by atoms with Crippen LogP contribution < -0.4 is 11.1 Å². The maximum atomic E-state index is 10.7. The highest BCUT2D eigenvalue weighted by Gasteiger charge is 2.11. The maximum absolute atomic E-state index is 10.7. The number of primary amides is 1. The SMILES string of the molecule is CC(CC(N)=O)NC(C)c1ccsc1. The van der Waals surface area contributed by atoms with E-state index < -0.39 is 0 Å². The predicted molar refractivity (Wildman–Crippen MR) is 59.1 cm³/mol. The van der Waals surface area contributed by atoms with Gasteiger partial charge >= 0.3 is 0 Å². The minimum Gasteiger partial charge on any atom is -0.370 e. The largest absolute Gasteiger partial charge is 0.370 e. The standard InChI is InChI=1S/C10H16N2OS/c1-7(5-10(11)13)12-8(2)9-3-4-14-6-9/h3-4,6-8,12H,5H2,1-2H3,(H2,11,13). The van der Waals surface area contributed by atoms with Crippen LogP contribution in [0.2, 0.25) is 0 Å². The molecule has 0 saturated heterocycles. The van der Waals surface area contributed by atoms with E-state index in [0.29, 0.717) is 6.42 Å². The van der Waals surface area contributed by atoms with E-state index in [-0.39, 0.29) is 18.0 Å². The van der Waals surface area contributed by atoms with Gasteiger partial charge in [-0.15, -0.1) is 0 Å². The number of amides is 1. The number of thiophene rings is 1. The van der Waals surface area contributed by atoms with Gasteiger partial charge in [0.2, 0.25) is 5.91 Å². The lowest BCUT2D eigenvalue weighted by Gasteiger charge is -2.17. The first-order valence-electron chi connectivity index (χ1n) is 4.66. The second-order valence-electron chi connectivity index (χ2n) is 3.52. The Bertz CT molecular complexity index is 284. The summed E-state index contributed by atoms with van der Waals surface area (Å²) in [5.41, 5.74) is 6.37. The number of hydrogen-bond acceptors (Lipinski definition) is 3. The number of nitrogens with two attached hydrogens (primary N) is 1. The predicted octanol–water partition coefficient (Wildman–Crippen LogP) is 1.66. The summed E-state index contributed by atoms with van der Waals surface area (Å²) < 4.78 is 0. The van der Waals surface area contributed by atoms with Crippen molar-refractivity contribution in [3.63, 3.8) is 0 Å². The molecule has 1 aromatic rings. The normalized spacial score (nSPS) is 15.0. The van der Waals surface area contributed by atoms with Crippen LogP contribution in [0.5, 0.6) is 0 Å². The minimum absolute atomic E-state index is 0.127. The number of carbonyl (C=O) groups is 1. The average Bonchev–Trinajstić information content (AvgIpc) is 2.53. The molecule has 0 saturated carbocycles. The molecule has 2 atom stereocenters. The summed E-state index contributed by atoms with van der Waals surface area (Å²) in [7, 11) is 0. The molecule has 1 heterocycles. The molecule has 2 unspecified atom stereocenters. The van der Waals surface area contributed by atoms with Crippen molar-refractivity contribution < 1.29 is 4.79 Å². The van der Waals surface area contributed by atoms with Crippen LogP contribution in [0.1, 0.15) is 31.9 Å². The quantitative estimate of drug-likeness (QED) is 0.780. The van der Waals surface area contributed by atoms with E-state index in [1.165, 1.54) is 5.56 Å². The van der Waals surface area contributed by atoms with Gasteiger partial charge in [0, 0.05) is 18.5 Å². The second kappa shape index (κ2) is 5.12. The molecule has 0 fully saturated rings. The average molecular weight is 212 g/mol. The zero-order valence-electron chi connectivity index (χ0n) is 8.49. The first-order valence-corrected chi connectivity index (χ1v) is 5.60. The fraction of sp³-hybridized carbons (Fsp3) is 0.500. The summed E-state index contributed by atoms with van der Waals surface area (Å²) in [5, 5.41) is 7.47. The van der Waals surface area contributed by atoms with Crippen molar-refractivity contribution in [2.24, 2.45) is 5.73 Å². The molecule has 4 heteroatoms. The summed E-state index contributed by atoms with van der Waals surface area (Å²) in [4.78, 5) is 10.7. The highest BCUT2D eigenvalue weighted by Crippen LogP contribution is 2.16. The van der Waals surface area contributed by atoms with Gasteiger partial charge in [0.1, 0.15) is 0 Å². The third-order valence-electron chi connectivity index (χ3n) is 2.09. The molecular formula is C10H16N2OS. The number of carbonyl (C=O) groups excluding carboxylic acids is 1. The van der Waals surface area contributed by atoms with Gasteiger partial charge in [-0.25, -0.2) is 0 Å². The lowest BCUT2D eigenvalue weighted by molar-refractivity contribution is -0.118. The smallest absolute Gasteiger partial charge is 0.218 e.